The lowest BCUT2D eigenvalue weighted by atomic mass is 10.3. The molecule has 0 aromatic heterocycles. The maximum absolute atomic E-state index is 6.86. The number of hydrogen-bond acceptors (Lipinski definition) is 2. The molecular formula is C10H17NO2. The van der Waals surface area contributed by atoms with Crippen molar-refractivity contribution in [2.24, 2.45) is 0 Å². The van der Waals surface area contributed by atoms with Crippen LogP contribution in [0.4, 0.5) is 0 Å². The van der Waals surface area contributed by atoms with Crippen molar-refractivity contribution in [1.82, 2.24) is 0 Å². The van der Waals surface area contributed by atoms with Crippen LogP contribution in [0.15, 0.2) is 11.8 Å². The Bertz CT molecular complexity index is 188. The number of nitrogens with zero attached hydrogens (tertiary/aromatic N) is 1. The summed E-state index contributed by atoms with van der Waals surface area (Å²) in [6.07, 6.45) is 2.06. The molecule has 13 heavy (non-hydrogen) atoms. The van der Waals surface area contributed by atoms with Gasteiger partial charge in [0.05, 0.1) is 6.57 Å². The first-order chi connectivity index (χ1) is 6.28. The highest BCUT2D eigenvalue weighted by molar-refractivity contribution is 5.08. The third-order valence-corrected chi connectivity index (χ3v) is 1.56. The van der Waals surface area contributed by atoms with E-state index in [1.54, 1.807) is 6.08 Å². The van der Waals surface area contributed by atoms with Crippen LogP contribution in [0.3, 0.4) is 0 Å². The Morgan fingerprint density at radius 3 is 2.23 bits per heavy atom. The summed E-state index contributed by atoms with van der Waals surface area (Å²) in [7, 11) is 0. The summed E-state index contributed by atoms with van der Waals surface area (Å²) in [5.74, 6) is 0. The Hall–Kier alpha value is -0.850. The highest BCUT2D eigenvalue weighted by atomic mass is 16.7. The minimum absolute atomic E-state index is 0.268. The van der Waals surface area contributed by atoms with Crippen molar-refractivity contribution in [1.29, 1.82) is 0 Å². The van der Waals surface area contributed by atoms with Crippen LogP contribution in [0.5, 0.6) is 0 Å². The van der Waals surface area contributed by atoms with Crippen molar-refractivity contribution >= 4 is 0 Å². The second kappa shape index (κ2) is 7.78. The van der Waals surface area contributed by atoms with Gasteiger partial charge in [0.15, 0.2) is 12.0 Å². The second-order valence-electron chi connectivity index (χ2n) is 2.44. The van der Waals surface area contributed by atoms with Crippen molar-refractivity contribution < 1.29 is 9.47 Å². The lowest BCUT2D eigenvalue weighted by molar-refractivity contribution is -0.134. The van der Waals surface area contributed by atoms with E-state index in [9.17, 15) is 0 Å². The molecule has 0 aromatic rings. The average Bonchev–Trinajstić information content (AvgIpc) is 2.14. The van der Waals surface area contributed by atoms with Crippen molar-refractivity contribution in [3.63, 3.8) is 0 Å². The summed E-state index contributed by atoms with van der Waals surface area (Å²) >= 11 is 0. The molecule has 3 nitrogen and oxygen atoms in total. The fraction of sp³-hybridized carbons (Fsp3) is 0.700. The molecular weight excluding hydrogens is 166 g/mol. The molecule has 0 aromatic carbocycles. The number of hydrogen-bond donors (Lipinski definition) is 0. The van der Waals surface area contributed by atoms with Gasteiger partial charge >= 0.3 is 0 Å². The number of rotatable bonds is 6. The van der Waals surface area contributed by atoms with E-state index < -0.39 is 0 Å². The van der Waals surface area contributed by atoms with Crippen LogP contribution in [-0.4, -0.2) is 19.5 Å². The van der Waals surface area contributed by atoms with Gasteiger partial charge in [0.1, 0.15) is 0 Å². The maximum atomic E-state index is 6.86. The third-order valence-electron chi connectivity index (χ3n) is 1.56. The number of allylic oxidation sites excluding steroid dienone is 1. The fourth-order valence-electron chi connectivity index (χ4n) is 0.937. The Kier molecular flexibility index (Phi) is 7.27. The summed E-state index contributed by atoms with van der Waals surface area (Å²) < 4.78 is 10.6. The SMILES string of the molecule is [C-]#[N+]/C(=C/C)CC(OCC)OCC. The van der Waals surface area contributed by atoms with E-state index in [4.69, 9.17) is 16.0 Å². The predicted octanol–water partition coefficient (Wildman–Crippen LogP) is 2.60. The lowest BCUT2D eigenvalue weighted by Gasteiger charge is -2.15. The molecule has 0 fully saturated rings. The molecule has 0 N–H and O–H groups in total. The molecule has 0 spiro atoms. The maximum Gasteiger partial charge on any atom is 0.166 e. The van der Waals surface area contributed by atoms with Crippen molar-refractivity contribution in [3.8, 4) is 0 Å². The number of ether oxygens (including phenoxy) is 2. The predicted molar refractivity (Wildman–Crippen MR) is 52.0 cm³/mol. The van der Waals surface area contributed by atoms with E-state index in [-0.39, 0.29) is 6.29 Å². The van der Waals surface area contributed by atoms with Crippen molar-refractivity contribution in [2.75, 3.05) is 13.2 Å². The molecule has 0 heterocycles. The van der Waals surface area contributed by atoms with Gasteiger partial charge in [0.2, 0.25) is 0 Å². The van der Waals surface area contributed by atoms with Crippen LogP contribution in [-0.2, 0) is 9.47 Å². The highest BCUT2D eigenvalue weighted by Crippen LogP contribution is 2.11. The van der Waals surface area contributed by atoms with Crippen LogP contribution in [0.2, 0.25) is 0 Å². The van der Waals surface area contributed by atoms with Crippen LogP contribution in [0, 0.1) is 6.57 Å². The zero-order valence-electron chi connectivity index (χ0n) is 8.54. The Morgan fingerprint density at radius 2 is 1.92 bits per heavy atom. The first kappa shape index (κ1) is 12.2. The smallest absolute Gasteiger partial charge is 0.166 e. The van der Waals surface area contributed by atoms with Gasteiger partial charge < -0.3 is 9.47 Å². The van der Waals surface area contributed by atoms with Crippen LogP contribution in [0.1, 0.15) is 27.2 Å². The second-order valence-corrected chi connectivity index (χ2v) is 2.44. The lowest BCUT2D eigenvalue weighted by Crippen LogP contribution is -2.17. The monoisotopic (exact) mass is 183 g/mol. The molecule has 0 unspecified atom stereocenters. The van der Waals surface area contributed by atoms with Gasteiger partial charge in [-0.1, -0.05) is 13.0 Å². The first-order valence-electron chi connectivity index (χ1n) is 4.54. The van der Waals surface area contributed by atoms with Crippen molar-refractivity contribution in [3.05, 3.63) is 23.2 Å². The summed E-state index contributed by atoms with van der Waals surface area (Å²) in [5.41, 5.74) is 0.687. The molecule has 0 bridgehead atoms. The van der Waals surface area contributed by atoms with Gasteiger partial charge in [-0.25, -0.2) is 4.85 Å². The zero-order chi connectivity index (χ0) is 10.1. The standard InChI is InChI=1S/C10H17NO2/c1-5-9(11-4)8-10(12-6-2)13-7-3/h5,10H,6-8H2,1-3H3/b9-5+. The van der Waals surface area contributed by atoms with Gasteiger partial charge in [-0.2, -0.15) is 0 Å². The molecule has 74 valence electrons. The van der Waals surface area contributed by atoms with Crippen LogP contribution >= 0.6 is 0 Å². The summed E-state index contributed by atoms with van der Waals surface area (Å²) in [5, 5.41) is 0. The van der Waals surface area contributed by atoms with E-state index in [2.05, 4.69) is 4.85 Å². The molecule has 0 amide bonds. The van der Waals surface area contributed by atoms with E-state index >= 15 is 0 Å². The quantitative estimate of drug-likeness (QED) is 0.466. The van der Waals surface area contributed by atoms with Gasteiger partial charge in [-0.05, 0) is 13.8 Å². The van der Waals surface area contributed by atoms with E-state index in [0.717, 1.165) is 0 Å². The third kappa shape index (κ3) is 5.40. The largest absolute Gasteiger partial charge is 0.354 e. The molecule has 0 aliphatic heterocycles. The Morgan fingerprint density at radius 1 is 1.38 bits per heavy atom. The van der Waals surface area contributed by atoms with E-state index in [0.29, 0.717) is 25.3 Å². The van der Waals surface area contributed by atoms with E-state index in [1.807, 2.05) is 20.8 Å². The topological polar surface area (TPSA) is 22.8 Å². The Balaban J connectivity index is 4.01. The van der Waals surface area contributed by atoms with Crippen LogP contribution < -0.4 is 0 Å². The molecule has 0 saturated heterocycles. The van der Waals surface area contributed by atoms with Gasteiger partial charge in [0, 0.05) is 19.6 Å². The minimum atomic E-state index is -0.268. The van der Waals surface area contributed by atoms with Crippen LogP contribution in [0.25, 0.3) is 4.85 Å². The Labute approximate surface area is 80.2 Å². The van der Waals surface area contributed by atoms with E-state index in [1.165, 1.54) is 0 Å². The zero-order valence-corrected chi connectivity index (χ0v) is 8.54. The summed E-state index contributed by atoms with van der Waals surface area (Å²) in [6.45, 7) is 13.8. The summed E-state index contributed by atoms with van der Waals surface area (Å²) in [6, 6.07) is 0. The normalized spacial score (nSPS) is 11.8. The molecule has 0 rings (SSSR count). The first-order valence-corrected chi connectivity index (χ1v) is 4.54. The molecule has 0 radical (unpaired) electrons. The fourth-order valence-corrected chi connectivity index (χ4v) is 0.937. The molecule has 0 atom stereocenters. The van der Waals surface area contributed by atoms with Gasteiger partial charge in [-0.15, -0.1) is 0 Å². The average molecular weight is 183 g/mol. The van der Waals surface area contributed by atoms with Crippen molar-refractivity contribution in [2.45, 2.75) is 33.5 Å². The van der Waals surface area contributed by atoms with Gasteiger partial charge in [-0.3, -0.25) is 0 Å². The molecule has 0 aliphatic carbocycles. The minimum Gasteiger partial charge on any atom is -0.354 e. The summed E-state index contributed by atoms with van der Waals surface area (Å²) in [4.78, 5) is 3.36. The highest BCUT2D eigenvalue weighted by Gasteiger charge is 2.10. The van der Waals surface area contributed by atoms with Gasteiger partial charge in [0.25, 0.3) is 0 Å². The molecule has 3 heteroatoms. The molecule has 0 aliphatic rings. The molecule has 0 saturated carbocycles.